The smallest absolute Gasteiger partial charge is 0.315 e. The molecule has 5 heteroatoms. The SMILES string of the molecule is CCC(CCO)NC(=O)NCC(C)(C)OC. The molecule has 0 aliphatic carbocycles. The number of hydrogen-bond acceptors (Lipinski definition) is 3. The van der Waals surface area contributed by atoms with Gasteiger partial charge in [-0.25, -0.2) is 4.79 Å². The molecular formula is C11H24N2O3. The molecule has 0 saturated carbocycles. The highest BCUT2D eigenvalue weighted by Crippen LogP contribution is 2.04. The highest BCUT2D eigenvalue weighted by atomic mass is 16.5. The Kier molecular flexibility index (Phi) is 7.08. The van der Waals surface area contributed by atoms with Crippen LogP contribution in [0.3, 0.4) is 0 Å². The van der Waals surface area contributed by atoms with Crippen molar-refractivity contribution in [2.24, 2.45) is 0 Å². The number of rotatable bonds is 7. The van der Waals surface area contributed by atoms with Crippen molar-refractivity contribution < 1.29 is 14.6 Å². The van der Waals surface area contributed by atoms with Gasteiger partial charge in [-0.3, -0.25) is 0 Å². The van der Waals surface area contributed by atoms with E-state index in [1.807, 2.05) is 20.8 Å². The van der Waals surface area contributed by atoms with E-state index < -0.39 is 0 Å². The molecule has 3 N–H and O–H groups in total. The number of aliphatic hydroxyl groups is 1. The molecule has 0 bridgehead atoms. The zero-order valence-electron chi connectivity index (χ0n) is 10.7. The average molecular weight is 232 g/mol. The third kappa shape index (κ3) is 6.63. The maximum Gasteiger partial charge on any atom is 0.315 e. The minimum absolute atomic E-state index is 0.0238. The van der Waals surface area contributed by atoms with Crippen LogP contribution < -0.4 is 10.6 Å². The highest BCUT2D eigenvalue weighted by molar-refractivity contribution is 5.74. The summed E-state index contributed by atoms with van der Waals surface area (Å²) >= 11 is 0. The monoisotopic (exact) mass is 232 g/mol. The Morgan fingerprint density at radius 1 is 1.50 bits per heavy atom. The quantitative estimate of drug-likeness (QED) is 0.610. The first kappa shape index (κ1) is 15.2. The first-order valence-corrected chi connectivity index (χ1v) is 5.65. The molecule has 0 spiro atoms. The Labute approximate surface area is 97.6 Å². The van der Waals surface area contributed by atoms with Crippen molar-refractivity contribution in [3.8, 4) is 0 Å². The molecule has 0 aliphatic heterocycles. The van der Waals surface area contributed by atoms with Gasteiger partial charge < -0.3 is 20.5 Å². The Morgan fingerprint density at radius 2 is 2.12 bits per heavy atom. The molecule has 1 unspecified atom stereocenters. The molecule has 0 aromatic rings. The molecule has 0 fully saturated rings. The molecule has 1 atom stereocenters. The Morgan fingerprint density at radius 3 is 2.56 bits per heavy atom. The lowest BCUT2D eigenvalue weighted by molar-refractivity contribution is 0.0253. The van der Waals surface area contributed by atoms with Crippen LogP contribution in [0.1, 0.15) is 33.6 Å². The number of carbonyl (C=O) groups excluding carboxylic acids is 1. The van der Waals surface area contributed by atoms with E-state index in [1.54, 1.807) is 7.11 Å². The molecule has 0 aromatic heterocycles. The largest absolute Gasteiger partial charge is 0.396 e. The van der Waals surface area contributed by atoms with E-state index in [4.69, 9.17) is 9.84 Å². The number of nitrogens with one attached hydrogen (secondary N) is 2. The van der Waals surface area contributed by atoms with E-state index in [9.17, 15) is 4.79 Å². The van der Waals surface area contributed by atoms with Crippen LogP contribution in [0.4, 0.5) is 4.79 Å². The normalized spacial score (nSPS) is 13.3. The maximum atomic E-state index is 11.5. The zero-order valence-corrected chi connectivity index (χ0v) is 10.7. The van der Waals surface area contributed by atoms with E-state index in [-0.39, 0.29) is 24.3 Å². The third-order valence-corrected chi connectivity index (χ3v) is 2.53. The fraction of sp³-hybridized carbons (Fsp3) is 0.909. The second-order valence-electron chi connectivity index (χ2n) is 4.41. The van der Waals surface area contributed by atoms with Crippen molar-refractivity contribution in [1.82, 2.24) is 10.6 Å². The predicted molar refractivity (Wildman–Crippen MR) is 63.4 cm³/mol. The summed E-state index contributed by atoms with van der Waals surface area (Å²) in [5.41, 5.74) is -0.365. The van der Waals surface area contributed by atoms with Crippen LogP contribution in [0.2, 0.25) is 0 Å². The molecule has 0 heterocycles. The Hall–Kier alpha value is -0.810. The molecule has 2 amide bonds. The highest BCUT2D eigenvalue weighted by Gasteiger charge is 2.18. The van der Waals surface area contributed by atoms with Gasteiger partial charge in [0.25, 0.3) is 0 Å². The van der Waals surface area contributed by atoms with Gasteiger partial charge in [-0.2, -0.15) is 0 Å². The molecule has 0 saturated heterocycles. The van der Waals surface area contributed by atoms with Gasteiger partial charge in [0, 0.05) is 26.3 Å². The summed E-state index contributed by atoms with van der Waals surface area (Å²) in [6.07, 6.45) is 1.39. The molecular weight excluding hydrogens is 208 g/mol. The summed E-state index contributed by atoms with van der Waals surface area (Å²) in [7, 11) is 1.61. The fourth-order valence-corrected chi connectivity index (χ4v) is 1.14. The number of aliphatic hydroxyl groups excluding tert-OH is 1. The van der Waals surface area contributed by atoms with Gasteiger partial charge in [0.1, 0.15) is 0 Å². The zero-order chi connectivity index (χ0) is 12.6. The van der Waals surface area contributed by atoms with Crippen LogP contribution in [-0.2, 0) is 4.74 Å². The Bertz CT molecular complexity index is 207. The van der Waals surface area contributed by atoms with Crippen LogP contribution in [0.5, 0.6) is 0 Å². The van der Waals surface area contributed by atoms with Crippen LogP contribution in [0.15, 0.2) is 0 Å². The topological polar surface area (TPSA) is 70.6 Å². The summed E-state index contributed by atoms with van der Waals surface area (Å²) in [6, 6.07) is -0.193. The summed E-state index contributed by atoms with van der Waals surface area (Å²) < 4.78 is 5.18. The average Bonchev–Trinajstić information content (AvgIpc) is 2.26. The summed E-state index contributed by atoms with van der Waals surface area (Å²) in [5.74, 6) is 0. The van der Waals surface area contributed by atoms with Crippen molar-refractivity contribution in [3.63, 3.8) is 0 Å². The van der Waals surface area contributed by atoms with Crippen LogP contribution in [-0.4, -0.2) is 43.0 Å². The number of ether oxygens (including phenoxy) is 1. The maximum absolute atomic E-state index is 11.5. The summed E-state index contributed by atoms with van der Waals surface area (Å²) in [4.78, 5) is 11.5. The number of methoxy groups -OCH3 is 1. The van der Waals surface area contributed by atoms with Gasteiger partial charge in [-0.1, -0.05) is 6.92 Å². The van der Waals surface area contributed by atoms with Gasteiger partial charge in [0.05, 0.1) is 5.60 Å². The lowest BCUT2D eigenvalue weighted by Gasteiger charge is -2.24. The second-order valence-corrected chi connectivity index (χ2v) is 4.41. The summed E-state index contributed by atoms with van der Waals surface area (Å²) in [5, 5.41) is 14.3. The lowest BCUT2D eigenvalue weighted by atomic mass is 10.1. The van der Waals surface area contributed by atoms with Gasteiger partial charge >= 0.3 is 6.03 Å². The van der Waals surface area contributed by atoms with Gasteiger partial charge in [-0.15, -0.1) is 0 Å². The van der Waals surface area contributed by atoms with Gasteiger partial charge in [0.2, 0.25) is 0 Å². The number of amides is 2. The van der Waals surface area contributed by atoms with E-state index in [0.29, 0.717) is 13.0 Å². The van der Waals surface area contributed by atoms with Crippen molar-refractivity contribution in [2.75, 3.05) is 20.3 Å². The molecule has 0 radical (unpaired) electrons. The minimum Gasteiger partial charge on any atom is -0.396 e. The fourth-order valence-electron chi connectivity index (χ4n) is 1.14. The van der Waals surface area contributed by atoms with E-state index >= 15 is 0 Å². The molecule has 0 aromatic carbocycles. The van der Waals surface area contributed by atoms with Gasteiger partial charge in [0.15, 0.2) is 0 Å². The van der Waals surface area contributed by atoms with Crippen LogP contribution in [0, 0.1) is 0 Å². The van der Waals surface area contributed by atoms with Gasteiger partial charge in [-0.05, 0) is 26.7 Å². The Balaban J connectivity index is 3.89. The molecule has 96 valence electrons. The standard InChI is InChI=1S/C11H24N2O3/c1-5-9(6-7-14)13-10(15)12-8-11(2,3)16-4/h9,14H,5-8H2,1-4H3,(H2,12,13,15). The summed E-state index contributed by atoms with van der Waals surface area (Å²) in [6.45, 7) is 6.31. The number of urea groups is 1. The van der Waals surface area contributed by atoms with Crippen molar-refractivity contribution in [1.29, 1.82) is 0 Å². The predicted octanol–water partition coefficient (Wildman–Crippen LogP) is 0.872. The number of hydrogen-bond donors (Lipinski definition) is 3. The van der Waals surface area contributed by atoms with Crippen molar-refractivity contribution in [2.45, 2.75) is 45.3 Å². The van der Waals surface area contributed by atoms with E-state index in [0.717, 1.165) is 6.42 Å². The third-order valence-electron chi connectivity index (χ3n) is 2.53. The van der Waals surface area contributed by atoms with E-state index in [1.165, 1.54) is 0 Å². The molecule has 16 heavy (non-hydrogen) atoms. The van der Waals surface area contributed by atoms with Crippen LogP contribution in [0.25, 0.3) is 0 Å². The number of carbonyl (C=O) groups is 1. The second kappa shape index (κ2) is 7.46. The first-order chi connectivity index (χ1) is 7.45. The minimum atomic E-state index is -0.365. The first-order valence-electron chi connectivity index (χ1n) is 5.65. The van der Waals surface area contributed by atoms with Crippen molar-refractivity contribution >= 4 is 6.03 Å². The molecule has 0 rings (SSSR count). The molecule has 5 nitrogen and oxygen atoms in total. The van der Waals surface area contributed by atoms with Crippen LogP contribution >= 0.6 is 0 Å². The van der Waals surface area contributed by atoms with Crippen molar-refractivity contribution in [3.05, 3.63) is 0 Å². The lowest BCUT2D eigenvalue weighted by Crippen LogP contribution is -2.47. The van der Waals surface area contributed by atoms with E-state index in [2.05, 4.69) is 10.6 Å². The molecule has 0 aliphatic rings.